The van der Waals surface area contributed by atoms with E-state index >= 15 is 0 Å². The van der Waals surface area contributed by atoms with Crippen LogP contribution in [0, 0.1) is 0 Å². The molecule has 0 saturated carbocycles. The number of carbonyl (C=O) groups excluding carboxylic acids is 1. The van der Waals surface area contributed by atoms with Crippen molar-refractivity contribution in [2.75, 3.05) is 6.54 Å². The fourth-order valence-electron chi connectivity index (χ4n) is 2.29. The van der Waals surface area contributed by atoms with Crippen LogP contribution in [0.15, 0.2) is 24.3 Å². The Morgan fingerprint density at radius 3 is 2.89 bits per heavy atom. The molecule has 1 aromatic carbocycles. The van der Waals surface area contributed by atoms with Crippen LogP contribution < -0.4 is 5.73 Å². The van der Waals surface area contributed by atoms with E-state index in [0.29, 0.717) is 17.1 Å². The first-order valence-electron chi connectivity index (χ1n) is 5.95. The molecule has 5 heteroatoms. The highest BCUT2D eigenvalue weighted by Gasteiger charge is 2.30. The van der Waals surface area contributed by atoms with E-state index in [2.05, 4.69) is 0 Å². The maximum Gasteiger partial charge on any atom is 0.227 e. The molecule has 1 aliphatic rings. The molecule has 1 unspecified atom stereocenters. The molecule has 1 aliphatic heterocycles. The number of phenols is 1. The van der Waals surface area contributed by atoms with E-state index in [9.17, 15) is 9.90 Å². The highest BCUT2D eigenvalue weighted by Crippen LogP contribution is 2.21. The predicted octanol–water partition coefficient (Wildman–Crippen LogP) is 1.21. The topological polar surface area (TPSA) is 66.6 Å². The summed E-state index contributed by atoms with van der Waals surface area (Å²) in [6, 6.07) is 6.74. The summed E-state index contributed by atoms with van der Waals surface area (Å²) in [5, 5.41) is 9.66. The van der Waals surface area contributed by atoms with Crippen LogP contribution in [0.2, 0.25) is 0 Å². The summed E-state index contributed by atoms with van der Waals surface area (Å²) in [5.41, 5.74) is 6.27. The van der Waals surface area contributed by atoms with E-state index in [1.54, 1.807) is 29.2 Å². The van der Waals surface area contributed by atoms with Gasteiger partial charge in [-0.15, -0.1) is 0 Å². The van der Waals surface area contributed by atoms with Gasteiger partial charge in [0.15, 0.2) is 0 Å². The lowest BCUT2D eigenvalue weighted by atomic mass is 10.1. The number of carbonyl (C=O) groups is 1. The van der Waals surface area contributed by atoms with Crippen LogP contribution in [0.4, 0.5) is 0 Å². The molecule has 0 aromatic heterocycles. The third kappa shape index (κ3) is 2.61. The second kappa shape index (κ2) is 5.35. The third-order valence-electron chi connectivity index (χ3n) is 3.23. The van der Waals surface area contributed by atoms with Crippen LogP contribution in [-0.2, 0) is 11.2 Å². The smallest absolute Gasteiger partial charge is 0.227 e. The number of benzene rings is 1. The van der Waals surface area contributed by atoms with Gasteiger partial charge >= 0.3 is 0 Å². The number of likely N-dealkylation sites (tertiary alicyclic amines) is 1. The standard InChI is InChI=1S/C13H16N2O2S/c14-13(18)10-5-3-7-15(10)12(17)8-9-4-1-2-6-11(9)16/h1-2,4,6,10,16H,3,5,7-8H2,(H2,14,18). The summed E-state index contributed by atoms with van der Waals surface area (Å²) in [6.07, 6.45) is 1.95. The third-order valence-corrected chi connectivity index (χ3v) is 3.51. The molecule has 1 fully saturated rings. The average Bonchev–Trinajstić information content (AvgIpc) is 2.81. The number of phenolic OH excluding ortho intramolecular Hbond substituents is 1. The minimum atomic E-state index is -0.127. The molecule has 0 radical (unpaired) electrons. The van der Waals surface area contributed by atoms with E-state index in [1.165, 1.54) is 0 Å². The number of amides is 1. The maximum absolute atomic E-state index is 12.2. The Balaban J connectivity index is 2.08. The van der Waals surface area contributed by atoms with E-state index in [0.717, 1.165) is 12.8 Å². The van der Waals surface area contributed by atoms with Crippen LogP contribution in [0.5, 0.6) is 5.75 Å². The number of nitrogens with two attached hydrogens (primary N) is 1. The molecular formula is C13H16N2O2S. The molecule has 3 N–H and O–H groups in total. The quantitative estimate of drug-likeness (QED) is 0.805. The molecule has 1 aromatic rings. The van der Waals surface area contributed by atoms with Gasteiger partial charge in [0, 0.05) is 12.1 Å². The van der Waals surface area contributed by atoms with Gasteiger partial charge in [-0.25, -0.2) is 0 Å². The zero-order chi connectivity index (χ0) is 13.1. The number of aromatic hydroxyl groups is 1. The number of hydrogen-bond acceptors (Lipinski definition) is 3. The van der Waals surface area contributed by atoms with Gasteiger partial charge in [-0.1, -0.05) is 30.4 Å². The van der Waals surface area contributed by atoms with Gasteiger partial charge in [0.05, 0.1) is 17.5 Å². The first-order chi connectivity index (χ1) is 8.59. The molecule has 1 heterocycles. The first kappa shape index (κ1) is 12.8. The van der Waals surface area contributed by atoms with Gasteiger partial charge in [-0.05, 0) is 18.9 Å². The molecule has 1 saturated heterocycles. The van der Waals surface area contributed by atoms with Crippen LogP contribution in [-0.4, -0.2) is 33.5 Å². The largest absolute Gasteiger partial charge is 0.508 e. The van der Waals surface area contributed by atoms with Crippen molar-refractivity contribution in [3.63, 3.8) is 0 Å². The Morgan fingerprint density at radius 1 is 1.50 bits per heavy atom. The number of nitrogens with zero attached hydrogens (tertiary/aromatic N) is 1. The van der Waals surface area contributed by atoms with E-state index in [-0.39, 0.29) is 24.1 Å². The average molecular weight is 264 g/mol. The zero-order valence-electron chi connectivity index (χ0n) is 10.0. The summed E-state index contributed by atoms with van der Waals surface area (Å²) < 4.78 is 0. The van der Waals surface area contributed by atoms with Crippen LogP contribution >= 0.6 is 12.2 Å². The number of hydrogen-bond donors (Lipinski definition) is 2. The molecule has 4 nitrogen and oxygen atoms in total. The first-order valence-corrected chi connectivity index (χ1v) is 6.36. The van der Waals surface area contributed by atoms with Crippen molar-refractivity contribution in [3.8, 4) is 5.75 Å². The summed E-state index contributed by atoms with van der Waals surface area (Å²) in [7, 11) is 0. The van der Waals surface area contributed by atoms with Crippen LogP contribution in [0.1, 0.15) is 18.4 Å². The molecule has 96 valence electrons. The Hall–Kier alpha value is -1.62. The van der Waals surface area contributed by atoms with Gasteiger partial charge in [0.25, 0.3) is 0 Å². The van der Waals surface area contributed by atoms with Gasteiger partial charge in [0.2, 0.25) is 5.91 Å². The fourth-order valence-corrected chi connectivity index (χ4v) is 2.53. The highest BCUT2D eigenvalue weighted by atomic mass is 32.1. The molecular weight excluding hydrogens is 248 g/mol. The molecule has 18 heavy (non-hydrogen) atoms. The Bertz CT molecular complexity index is 476. The summed E-state index contributed by atoms with van der Waals surface area (Å²) in [5.74, 6) is 0.115. The zero-order valence-corrected chi connectivity index (χ0v) is 10.8. The van der Waals surface area contributed by atoms with E-state index in [4.69, 9.17) is 18.0 Å². The van der Waals surface area contributed by atoms with Crippen molar-refractivity contribution in [1.82, 2.24) is 4.90 Å². The van der Waals surface area contributed by atoms with Gasteiger partial charge in [-0.3, -0.25) is 4.79 Å². The minimum absolute atomic E-state index is 0.0354. The van der Waals surface area contributed by atoms with E-state index < -0.39 is 0 Å². The highest BCUT2D eigenvalue weighted by molar-refractivity contribution is 7.80. The molecule has 1 atom stereocenters. The van der Waals surface area contributed by atoms with Crippen molar-refractivity contribution in [2.45, 2.75) is 25.3 Å². The minimum Gasteiger partial charge on any atom is -0.508 e. The second-order valence-electron chi connectivity index (χ2n) is 4.45. The maximum atomic E-state index is 12.2. The van der Waals surface area contributed by atoms with Crippen molar-refractivity contribution < 1.29 is 9.90 Å². The lowest BCUT2D eigenvalue weighted by Crippen LogP contribution is -2.43. The number of rotatable bonds is 3. The molecule has 2 rings (SSSR count). The normalized spacial score (nSPS) is 18.9. The van der Waals surface area contributed by atoms with Gasteiger partial charge < -0.3 is 15.7 Å². The van der Waals surface area contributed by atoms with Crippen molar-refractivity contribution in [3.05, 3.63) is 29.8 Å². The van der Waals surface area contributed by atoms with Crippen molar-refractivity contribution in [2.24, 2.45) is 5.73 Å². The molecule has 0 aliphatic carbocycles. The number of thiocarbonyl (C=S) groups is 1. The predicted molar refractivity (Wildman–Crippen MR) is 73.3 cm³/mol. The molecule has 1 amide bonds. The second-order valence-corrected chi connectivity index (χ2v) is 4.92. The number of para-hydroxylation sites is 1. The lowest BCUT2D eigenvalue weighted by molar-refractivity contribution is -0.130. The monoisotopic (exact) mass is 264 g/mol. The molecule has 0 spiro atoms. The Kier molecular flexibility index (Phi) is 3.81. The summed E-state index contributed by atoms with van der Waals surface area (Å²) >= 11 is 4.98. The van der Waals surface area contributed by atoms with Gasteiger partial charge in [0.1, 0.15) is 5.75 Å². The lowest BCUT2D eigenvalue weighted by Gasteiger charge is -2.23. The van der Waals surface area contributed by atoms with Crippen molar-refractivity contribution >= 4 is 23.1 Å². The van der Waals surface area contributed by atoms with Crippen LogP contribution in [0.3, 0.4) is 0 Å². The SMILES string of the molecule is NC(=S)C1CCCN1C(=O)Cc1ccccc1O. The summed E-state index contributed by atoms with van der Waals surface area (Å²) in [6.45, 7) is 0.689. The van der Waals surface area contributed by atoms with Crippen molar-refractivity contribution in [1.29, 1.82) is 0 Å². The fraction of sp³-hybridized carbons (Fsp3) is 0.385. The summed E-state index contributed by atoms with van der Waals surface area (Å²) in [4.78, 5) is 14.3. The Morgan fingerprint density at radius 2 is 2.22 bits per heavy atom. The van der Waals surface area contributed by atoms with Gasteiger partial charge in [-0.2, -0.15) is 0 Å². The van der Waals surface area contributed by atoms with Crippen LogP contribution in [0.25, 0.3) is 0 Å². The van der Waals surface area contributed by atoms with E-state index in [1.807, 2.05) is 0 Å². The molecule has 0 bridgehead atoms. The Labute approximate surface area is 111 Å².